The summed E-state index contributed by atoms with van der Waals surface area (Å²) in [6, 6.07) is 6.13. The molecule has 2 rings (SSSR count). The van der Waals surface area contributed by atoms with Gasteiger partial charge in [-0.25, -0.2) is 0 Å². The van der Waals surface area contributed by atoms with Crippen molar-refractivity contribution in [2.45, 2.75) is 26.9 Å². The molecule has 21 heavy (non-hydrogen) atoms. The number of β-amino-alcohol motifs (C(OH)–C–C–N with tert-alkyl or cyclic N) is 1. The molecule has 4 heteroatoms. The van der Waals surface area contributed by atoms with E-state index in [0.717, 1.165) is 44.0 Å². The third-order valence-corrected chi connectivity index (χ3v) is 4.14. The maximum absolute atomic E-state index is 10.2. The number of piperazine rings is 1. The maximum Gasteiger partial charge on any atom is 0.122 e. The molecule has 118 valence electrons. The van der Waals surface area contributed by atoms with Gasteiger partial charge in [0, 0.05) is 32.7 Å². The summed E-state index contributed by atoms with van der Waals surface area (Å²) in [5, 5.41) is 10.2. The molecule has 1 saturated heterocycles. The van der Waals surface area contributed by atoms with E-state index in [2.05, 4.69) is 29.7 Å². The number of benzene rings is 1. The molecule has 0 unspecified atom stereocenters. The van der Waals surface area contributed by atoms with Crippen molar-refractivity contribution in [3.05, 3.63) is 29.3 Å². The van der Waals surface area contributed by atoms with Crippen molar-refractivity contribution in [2.75, 3.05) is 45.9 Å². The van der Waals surface area contributed by atoms with Crippen LogP contribution in [0.5, 0.6) is 5.75 Å². The highest BCUT2D eigenvalue weighted by atomic mass is 16.5. The highest BCUT2D eigenvalue weighted by Gasteiger charge is 2.18. The van der Waals surface area contributed by atoms with Gasteiger partial charge in [0.15, 0.2) is 0 Å². The Hall–Kier alpha value is -1.10. The Balaban J connectivity index is 1.73. The molecule has 1 atom stereocenters. The van der Waals surface area contributed by atoms with E-state index in [4.69, 9.17) is 4.74 Å². The molecule has 0 bridgehead atoms. The molecule has 1 aliphatic heterocycles. The zero-order valence-corrected chi connectivity index (χ0v) is 13.5. The lowest BCUT2D eigenvalue weighted by Crippen LogP contribution is -2.49. The van der Waals surface area contributed by atoms with Gasteiger partial charge in [0.05, 0.1) is 0 Å². The molecule has 0 radical (unpaired) electrons. The first-order chi connectivity index (χ1) is 10.1. The SMILES string of the molecule is CCN1CCN(C[C@H](O)COc2ccc(C)cc2C)CC1. The fraction of sp³-hybridized carbons (Fsp3) is 0.647. The molecule has 1 heterocycles. The quantitative estimate of drug-likeness (QED) is 0.865. The first-order valence-electron chi connectivity index (χ1n) is 7.91. The van der Waals surface area contributed by atoms with Crippen molar-refractivity contribution in [1.29, 1.82) is 0 Å². The second-order valence-electron chi connectivity index (χ2n) is 5.97. The average Bonchev–Trinajstić information content (AvgIpc) is 2.47. The molecule has 1 aliphatic rings. The van der Waals surface area contributed by atoms with Crippen LogP contribution in [0, 0.1) is 13.8 Å². The standard InChI is InChI=1S/C17H28N2O2/c1-4-18-7-9-19(10-8-18)12-16(20)13-21-17-6-5-14(2)11-15(17)3/h5-6,11,16,20H,4,7-10,12-13H2,1-3H3/t16-/m0/s1. The van der Waals surface area contributed by atoms with Crippen LogP contribution in [-0.2, 0) is 0 Å². The van der Waals surface area contributed by atoms with Gasteiger partial charge in [0.1, 0.15) is 18.5 Å². The maximum atomic E-state index is 10.2. The third-order valence-electron chi connectivity index (χ3n) is 4.14. The van der Waals surface area contributed by atoms with E-state index in [9.17, 15) is 5.11 Å². The number of likely N-dealkylation sites (N-methyl/N-ethyl adjacent to an activating group) is 1. The van der Waals surface area contributed by atoms with Crippen LogP contribution in [0.25, 0.3) is 0 Å². The fourth-order valence-electron chi connectivity index (χ4n) is 2.79. The largest absolute Gasteiger partial charge is 0.491 e. The van der Waals surface area contributed by atoms with Crippen LogP contribution in [0.1, 0.15) is 18.1 Å². The van der Waals surface area contributed by atoms with Crippen molar-refractivity contribution in [2.24, 2.45) is 0 Å². The van der Waals surface area contributed by atoms with E-state index in [1.165, 1.54) is 5.56 Å². The topological polar surface area (TPSA) is 35.9 Å². The molecule has 0 aliphatic carbocycles. The smallest absolute Gasteiger partial charge is 0.122 e. The van der Waals surface area contributed by atoms with Crippen LogP contribution in [0.15, 0.2) is 18.2 Å². The number of hydrogen-bond donors (Lipinski definition) is 1. The van der Waals surface area contributed by atoms with Crippen LogP contribution < -0.4 is 4.74 Å². The monoisotopic (exact) mass is 292 g/mol. The van der Waals surface area contributed by atoms with Gasteiger partial charge in [-0.05, 0) is 32.0 Å². The van der Waals surface area contributed by atoms with Crippen LogP contribution in [0.4, 0.5) is 0 Å². The Labute approximate surface area is 128 Å². The van der Waals surface area contributed by atoms with Crippen LogP contribution >= 0.6 is 0 Å². The number of rotatable bonds is 6. The zero-order chi connectivity index (χ0) is 15.2. The van der Waals surface area contributed by atoms with E-state index in [-0.39, 0.29) is 0 Å². The predicted molar refractivity (Wildman–Crippen MR) is 86.0 cm³/mol. The summed E-state index contributed by atoms with van der Waals surface area (Å²) in [5.74, 6) is 0.871. The van der Waals surface area contributed by atoms with E-state index in [1.807, 2.05) is 19.1 Å². The summed E-state index contributed by atoms with van der Waals surface area (Å²) in [6.07, 6.45) is -0.432. The predicted octanol–water partition coefficient (Wildman–Crippen LogP) is 1.68. The van der Waals surface area contributed by atoms with Crippen LogP contribution in [-0.4, -0.2) is 66.9 Å². The molecular weight excluding hydrogens is 264 g/mol. The Morgan fingerprint density at radius 2 is 1.81 bits per heavy atom. The summed E-state index contributed by atoms with van der Waals surface area (Å²) in [4.78, 5) is 4.76. The Morgan fingerprint density at radius 3 is 2.43 bits per heavy atom. The van der Waals surface area contributed by atoms with Crippen molar-refractivity contribution < 1.29 is 9.84 Å². The summed E-state index contributed by atoms with van der Waals surface area (Å²) >= 11 is 0. The minimum atomic E-state index is -0.432. The molecule has 1 fully saturated rings. The van der Waals surface area contributed by atoms with Gasteiger partial charge in [-0.3, -0.25) is 4.90 Å². The number of nitrogens with zero attached hydrogens (tertiary/aromatic N) is 2. The molecule has 0 aromatic heterocycles. The minimum Gasteiger partial charge on any atom is -0.491 e. The summed E-state index contributed by atoms with van der Waals surface area (Å²) in [6.45, 7) is 12.8. The van der Waals surface area contributed by atoms with Crippen molar-refractivity contribution in [1.82, 2.24) is 9.80 Å². The van der Waals surface area contributed by atoms with Crippen molar-refractivity contribution in [3.63, 3.8) is 0 Å². The highest BCUT2D eigenvalue weighted by Crippen LogP contribution is 2.18. The number of aliphatic hydroxyl groups is 1. The van der Waals surface area contributed by atoms with Gasteiger partial charge >= 0.3 is 0 Å². The minimum absolute atomic E-state index is 0.359. The van der Waals surface area contributed by atoms with Gasteiger partial charge in [-0.1, -0.05) is 24.6 Å². The lowest BCUT2D eigenvalue weighted by molar-refractivity contribution is 0.0469. The third kappa shape index (κ3) is 4.99. The van der Waals surface area contributed by atoms with E-state index in [0.29, 0.717) is 13.2 Å². The van der Waals surface area contributed by atoms with Crippen LogP contribution in [0.2, 0.25) is 0 Å². The highest BCUT2D eigenvalue weighted by molar-refractivity contribution is 5.35. The van der Waals surface area contributed by atoms with E-state index < -0.39 is 6.10 Å². The Bertz CT molecular complexity index is 442. The fourth-order valence-corrected chi connectivity index (χ4v) is 2.79. The molecule has 1 aromatic rings. The number of aliphatic hydroxyl groups excluding tert-OH is 1. The lowest BCUT2D eigenvalue weighted by atomic mass is 10.1. The second kappa shape index (κ2) is 7.78. The summed E-state index contributed by atoms with van der Waals surface area (Å²) in [7, 11) is 0. The van der Waals surface area contributed by atoms with E-state index in [1.54, 1.807) is 0 Å². The number of aryl methyl sites for hydroxylation is 2. The van der Waals surface area contributed by atoms with Gasteiger partial charge in [-0.2, -0.15) is 0 Å². The molecular formula is C17H28N2O2. The molecule has 0 spiro atoms. The van der Waals surface area contributed by atoms with Gasteiger partial charge in [0.2, 0.25) is 0 Å². The summed E-state index contributed by atoms with van der Waals surface area (Å²) < 4.78 is 5.75. The van der Waals surface area contributed by atoms with Gasteiger partial charge < -0.3 is 14.7 Å². The number of hydrogen-bond acceptors (Lipinski definition) is 4. The zero-order valence-electron chi connectivity index (χ0n) is 13.5. The van der Waals surface area contributed by atoms with Crippen LogP contribution in [0.3, 0.4) is 0 Å². The van der Waals surface area contributed by atoms with Crippen molar-refractivity contribution >= 4 is 0 Å². The Morgan fingerprint density at radius 1 is 1.14 bits per heavy atom. The lowest BCUT2D eigenvalue weighted by Gasteiger charge is -2.34. The second-order valence-corrected chi connectivity index (χ2v) is 5.97. The van der Waals surface area contributed by atoms with Crippen molar-refractivity contribution in [3.8, 4) is 5.75 Å². The van der Waals surface area contributed by atoms with Gasteiger partial charge in [0.25, 0.3) is 0 Å². The Kier molecular flexibility index (Phi) is 6.03. The summed E-state index contributed by atoms with van der Waals surface area (Å²) in [5.41, 5.74) is 2.35. The number of ether oxygens (including phenoxy) is 1. The molecule has 1 N–H and O–H groups in total. The molecule has 4 nitrogen and oxygen atoms in total. The molecule has 0 amide bonds. The molecule has 0 saturated carbocycles. The normalized spacial score (nSPS) is 18.7. The molecule has 1 aromatic carbocycles. The first kappa shape index (κ1) is 16.3. The first-order valence-corrected chi connectivity index (χ1v) is 7.91. The average molecular weight is 292 g/mol. The van der Waals surface area contributed by atoms with Gasteiger partial charge in [-0.15, -0.1) is 0 Å². The van der Waals surface area contributed by atoms with E-state index >= 15 is 0 Å².